The van der Waals surface area contributed by atoms with Gasteiger partial charge in [0.15, 0.2) is 0 Å². The molecule has 5 heteroatoms. The minimum Gasteiger partial charge on any atom is -0.354 e. The number of carbonyl (C=O) groups is 2. The van der Waals surface area contributed by atoms with E-state index in [1.807, 2.05) is 39.0 Å². The van der Waals surface area contributed by atoms with Gasteiger partial charge in [0, 0.05) is 29.2 Å². The molecule has 1 aromatic rings. The Balaban J connectivity index is 2.13. The molecule has 1 N–H and O–H groups in total. The standard InChI is InChI=1S/C15H19BrN2O2/c1-9(2)17-15(20)11-7-14(19)18(8-11)12-4-5-13(16)10(3)6-12/h4-6,9,11H,7-8H2,1-3H3,(H,17,20). The second-order valence-electron chi connectivity index (χ2n) is 5.50. The Hall–Kier alpha value is -1.36. The Morgan fingerprint density at radius 1 is 1.45 bits per heavy atom. The van der Waals surface area contributed by atoms with Crippen LogP contribution >= 0.6 is 15.9 Å². The summed E-state index contributed by atoms with van der Waals surface area (Å²) in [5, 5.41) is 2.87. The molecule has 0 spiro atoms. The quantitative estimate of drug-likeness (QED) is 0.920. The highest BCUT2D eigenvalue weighted by molar-refractivity contribution is 9.10. The predicted molar refractivity (Wildman–Crippen MR) is 82.6 cm³/mol. The first-order valence-corrected chi connectivity index (χ1v) is 7.54. The molecular formula is C15H19BrN2O2. The molecule has 0 saturated carbocycles. The molecule has 4 nitrogen and oxygen atoms in total. The largest absolute Gasteiger partial charge is 0.354 e. The molecule has 1 fully saturated rings. The minimum atomic E-state index is -0.256. The normalized spacial score (nSPS) is 18.8. The molecule has 0 radical (unpaired) electrons. The maximum absolute atomic E-state index is 12.1. The molecule has 108 valence electrons. The van der Waals surface area contributed by atoms with Gasteiger partial charge in [0.2, 0.25) is 11.8 Å². The zero-order valence-electron chi connectivity index (χ0n) is 11.9. The van der Waals surface area contributed by atoms with Crippen molar-refractivity contribution in [2.24, 2.45) is 5.92 Å². The number of amides is 2. The molecular weight excluding hydrogens is 320 g/mol. The summed E-state index contributed by atoms with van der Waals surface area (Å²) in [6.07, 6.45) is 0.285. The predicted octanol–water partition coefficient (Wildman–Crippen LogP) is 2.64. The number of halogens is 1. The lowest BCUT2D eigenvalue weighted by atomic mass is 10.1. The highest BCUT2D eigenvalue weighted by Crippen LogP contribution is 2.28. The second-order valence-corrected chi connectivity index (χ2v) is 6.36. The summed E-state index contributed by atoms with van der Waals surface area (Å²) in [4.78, 5) is 25.8. The molecule has 0 aliphatic carbocycles. The number of benzene rings is 1. The minimum absolute atomic E-state index is 0.00984. The molecule has 20 heavy (non-hydrogen) atoms. The Morgan fingerprint density at radius 3 is 2.75 bits per heavy atom. The Kier molecular flexibility index (Phi) is 4.48. The van der Waals surface area contributed by atoms with E-state index in [-0.39, 0.29) is 30.2 Å². The highest BCUT2D eigenvalue weighted by atomic mass is 79.9. The highest BCUT2D eigenvalue weighted by Gasteiger charge is 2.35. The number of hydrogen-bond acceptors (Lipinski definition) is 2. The van der Waals surface area contributed by atoms with Gasteiger partial charge in [-0.05, 0) is 44.5 Å². The van der Waals surface area contributed by atoms with Crippen LogP contribution in [0.2, 0.25) is 0 Å². The van der Waals surface area contributed by atoms with Crippen LogP contribution in [0, 0.1) is 12.8 Å². The third kappa shape index (κ3) is 3.20. The van der Waals surface area contributed by atoms with Gasteiger partial charge in [0.05, 0.1) is 5.92 Å². The topological polar surface area (TPSA) is 49.4 Å². The number of carbonyl (C=O) groups excluding carboxylic acids is 2. The smallest absolute Gasteiger partial charge is 0.227 e. The molecule has 2 amide bonds. The molecule has 1 unspecified atom stereocenters. The van der Waals surface area contributed by atoms with E-state index in [1.165, 1.54) is 0 Å². The molecule has 0 bridgehead atoms. The van der Waals surface area contributed by atoms with Crippen molar-refractivity contribution in [2.75, 3.05) is 11.4 Å². The van der Waals surface area contributed by atoms with Crippen LogP contribution in [0.4, 0.5) is 5.69 Å². The average Bonchev–Trinajstić information content (AvgIpc) is 2.74. The zero-order valence-corrected chi connectivity index (χ0v) is 13.5. The van der Waals surface area contributed by atoms with Gasteiger partial charge >= 0.3 is 0 Å². The first kappa shape index (κ1) is 15.0. The van der Waals surface area contributed by atoms with Crippen molar-refractivity contribution in [1.82, 2.24) is 5.32 Å². The summed E-state index contributed by atoms with van der Waals surface area (Å²) in [6, 6.07) is 5.89. The lowest BCUT2D eigenvalue weighted by Crippen LogP contribution is -2.36. The van der Waals surface area contributed by atoms with Crippen molar-refractivity contribution in [3.8, 4) is 0 Å². The fourth-order valence-corrected chi connectivity index (χ4v) is 2.58. The first-order valence-electron chi connectivity index (χ1n) is 6.75. The van der Waals surface area contributed by atoms with Gasteiger partial charge in [-0.25, -0.2) is 0 Å². The van der Waals surface area contributed by atoms with Crippen molar-refractivity contribution in [3.05, 3.63) is 28.2 Å². The van der Waals surface area contributed by atoms with Crippen molar-refractivity contribution in [3.63, 3.8) is 0 Å². The van der Waals surface area contributed by atoms with Crippen molar-refractivity contribution in [1.29, 1.82) is 0 Å². The van der Waals surface area contributed by atoms with Crippen LogP contribution in [0.25, 0.3) is 0 Å². The molecule has 1 atom stereocenters. The van der Waals surface area contributed by atoms with Crippen molar-refractivity contribution in [2.45, 2.75) is 33.2 Å². The van der Waals surface area contributed by atoms with E-state index in [4.69, 9.17) is 0 Å². The van der Waals surface area contributed by atoms with E-state index in [9.17, 15) is 9.59 Å². The Bertz CT molecular complexity index is 543. The van der Waals surface area contributed by atoms with Gasteiger partial charge in [-0.1, -0.05) is 15.9 Å². The van der Waals surface area contributed by atoms with E-state index < -0.39 is 0 Å². The number of aryl methyl sites for hydroxylation is 1. The lowest BCUT2D eigenvalue weighted by molar-refractivity contribution is -0.126. The summed E-state index contributed by atoms with van der Waals surface area (Å²) in [5.41, 5.74) is 1.93. The van der Waals surface area contributed by atoms with Crippen LogP contribution in [-0.2, 0) is 9.59 Å². The van der Waals surface area contributed by atoms with Gasteiger partial charge in [-0.3, -0.25) is 9.59 Å². The van der Waals surface area contributed by atoms with Gasteiger partial charge in [0.25, 0.3) is 0 Å². The molecule has 1 aliphatic heterocycles. The third-order valence-corrected chi connectivity index (χ3v) is 4.27. The van der Waals surface area contributed by atoms with Gasteiger partial charge in [-0.15, -0.1) is 0 Å². The summed E-state index contributed by atoms with van der Waals surface area (Å²) in [7, 11) is 0. The third-order valence-electron chi connectivity index (χ3n) is 3.38. The van der Waals surface area contributed by atoms with E-state index in [2.05, 4.69) is 21.2 Å². The lowest BCUT2D eigenvalue weighted by Gasteiger charge is -2.18. The molecule has 1 aliphatic rings. The molecule has 1 aromatic carbocycles. The number of hydrogen-bond donors (Lipinski definition) is 1. The number of nitrogens with one attached hydrogen (secondary N) is 1. The monoisotopic (exact) mass is 338 g/mol. The van der Waals surface area contributed by atoms with Gasteiger partial charge < -0.3 is 10.2 Å². The zero-order chi connectivity index (χ0) is 14.9. The fourth-order valence-electron chi connectivity index (χ4n) is 2.33. The molecule has 1 saturated heterocycles. The number of rotatable bonds is 3. The fraction of sp³-hybridized carbons (Fsp3) is 0.467. The summed E-state index contributed by atoms with van der Waals surface area (Å²) >= 11 is 3.45. The Labute approximate surface area is 127 Å². The molecule has 0 aromatic heterocycles. The Morgan fingerprint density at radius 2 is 2.15 bits per heavy atom. The van der Waals surface area contributed by atoms with Crippen molar-refractivity contribution >= 4 is 33.4 Å². The molecule has 1 heterocycles. The van der Waals surface area contributed by atoms with E-state index in [1.54, 1.807) is 4.90 Å². The van der Waals surface area contributed by atoms with E-state index in [0.717, 1.165) is 15.7 Å². The molecule has 2 rings (SSSR count). The second kappa shape index (κ2) is 5.95. The maximum Gasteiger partial charge on any atom is 0.227 e. The maximum atomic E-state index is 12.1. The average molecular weight is 339 g/mol. The van der Waals surface area contributed by atoms with Gasteiger partial charge in [-0.2, -0.15) is 0 Å². The van der Waals surface area contributed by atoms with Gasteiger partial charge in [0.1, 0.15) is 0 Å². The number of anilines is 1. The summed E-state index contributed by atoms with van der Waals surface area (Å²) in [6.45, 7) is 6.28. The van der Waals surface area contributed by atoms with Crippen LogP contribution < -0.4 is 10.2 Å². The SMILES string of the molecule is Cc1cc(N2CC(C(=O)NC(C)C)CC2=O)ccc1Br. The van der Waals surface area contributed by atoms with Crippen LogP contribution in [0.5, 0.6) is 0 Å². The van der Waals surface area contributed by atoms with E-state index in [0.29, 0.717) is 6.54 Å². The van der Waals surface area contributed by atoms with Crippen LogP contribution in [0.15, 0.2) is 22.7 Å². The van der Waals surface area contributed by atoms with Crippen LogP contribution in [-0.4, -0.2) is 24.4 Å². The number of nitrogens with zero attached hydrogens (tertiary/aromatic N) is 1. The van der Waals surface area contributed by atoms with E-state index >= 15 is 0 Å². The summed E-state index contributed by atoms with van der Waals surface area (Å²) in [5.74, 6) is -0.283. The summed E-state index contributed by atoms with van der Waals surface area (Å²) < 4.78 is 1.02. The van der Waals surface area contributed by atoms with Crippen LogP contribution in [0.3, 0.4) is 0 Å². The first-order chi connectivity index (χ1) is 9.38. The van der Waals surface area contributed by atoms with Crippen molar-refractivity contribution < 1.29 is 9.59 Å². The van der Waals surface area contributed by atoms with Crippen LogP contribution in [0.1, 0.15) is 25.8 Å².